The van der Waals surface area contributed by atoms with Crippen molar-refractivity contribution in [2.45, 2.75) is 13.8 Å². The van der Waals surface area contributed by atoms with E-state index >= 15 is 0 Å². The molecule has 0 saturated heterocycles. The molecule has 0 heterocycles. The molecule has 0 aliphatic carbocycles. The van der Waals surface area contributed by atoms with Gasteiger partial charge in [0, 0.05) is 24.5 Å². The first-order valence-electron chi connectivity index (χ1n) is 7.56. The Labute approximate surface area is 140 Å². The molecule has 0 bridgehead atoms. The highest BCUT2D eigenvalue weighted by atomic mass is 16.3. The van der Waals surface area contributed by atoms with Crippen molar-refractivity contribution in [3.8, 4) is 6.07 Å². The van der Waals surface area contributed by atoms with Crippen LogP contribution in [0.5, 0.6) is 0 Å². The van der Waals surface area contributed by atoms with Crippen molar-refractivity contribution in [3.63, 3.8) is 0 Å². The number of hydrogen-bond acceptors (Lipinski definition) is 7. The van der Waals surface area contributed by atoms with E-state index in [0.717, 1.165) is 18.8 Å². The number of nitroso groups, excluding NO2 is 1. The normalized spacial score (nSPS) is 10.5. The smallest absolute Gasteiger partial charge is 0.138 e. The number of nitrogens with zero attached hydrogens (tertiary/aromatic N) is 5. The molecule has 2 aromatic carbocycles. The van der Waals surface area contributed by atoms with E-state index in [1.54, 1.807) is 0 Å². The second-order valence-corrected chi connectivity index (χ2v) is 5.03. The van der Waals surface area contributed by atoms with Crippen LogP contribution in [0.1, 0.15) is 19.4 Å². The molecule has 0 radical (unpaired) electrons. The molecule has 0 spiro atoms. The fourth-order valence-corrected chi connectivity index (χ4v) is 2.33. The predicted molar refractivity (Wildman–Crippen MR) is 95.2 cm³/mol. The maximum Gasteiger partial charge on any atom is 0.138 e. The minimum absolute atomic E-state index is 0.00457. The predicted octanol–water partition coefficient (Wildman–Crippen LogP) is 4.80. The summed E-state index contributed by atoms with van der Waals surface area (Å²) in [6.45, 7) is 6.02. The highest BCUT2D eigenvalue weighted by molar-refractivity contribution is 5.74. The van der Waals surface area contributed by atoms with Crippen LogP contribution in [-0.2, 0) is 0 Å². The van der Waals surface area contributed by atoms with Gasteiger partial charge in [-0.25, -0.2) is 0 Å². The Balaban J connectivity index is 2.32. The first-order chi connectivity index (χ1) is 11.6. The minimum atomic E-state index is -0.00457. The molecule has 2 rings (SSSR count). The fourth-order valence-electron chi connectivity index (χ4n) is 2.33. The van der Waals surface area contributed by atoms with Gasteiger partial charge in [-0.3, -0.25) is 0 Å². The number of nitriles is 1. The van der Waals surface area contributed by atoms with E-state index in [-0.39, 0.29) is 22.6 Å². The number of hydrogen-bond donors (Lipinski definition) is 1. The maximum atomic E-state index is 10.9. The summed E-state index contributed by atoms with van der Waals surface area (Å²) in [5.74, 6) is 0. The third-order valence-corrected chi connectivity index (χ3v) is 3.57. The molecule has 7 nitrogen and oxygen atoms in total. The highest BCUT2D eigenvalue weighted by Gasteiger charge is 2.10. The van der Waals surface area contributed by atoms with E-state index in [9.17, 15) is 4.91 Å². The van der Waals surface area contributed by atoms with E-state index in [2.05, 4.69) is 34.2 Å². The van der Waals surface area contributed by atoms with Gasteiger partial charge in [-0.2, -0.15) is 10.4 Å². The first kappa shape index (κ1) is 17.1. The van der Waals surface area contributed by atoms with Crippen molar-refractivity contribution in [1.82, 2.24) is 0 Å². The van der Waals surface area contributed by atoms with Gasteiger partial charge in [0.1, 0.15) is 17.4 Å². The molecule has 0 aliphatic heterocycles. The lowest BCUT2D eigenvalue weighted by atomic mass is 10.1. The first-order valence-corrected chi connectivity index (χ1v) is 7.56. The van der Waals surface area contributed by atoms with Crippen molar-refractivity contribution in [1.29, 1.82) is 5.26 Å². The molecule has 0 amide bonds. The van der Waals surface area contributed by atoms with Crippen LogP contribution in [0.2, 0.25) is 0 Å². The van der Waals surface area contributed by atoms with Gasteiger partial charge in [-0.15, -0.1) is 10.0 Å². The Bertz CT molecular complexity index is 788. The summed E-state index contributed by atoms with van der Waals surface area (Å²) >= 11 is 0. The van der Waals surface area contributed by atoms with Crippen molar-refractivity contribution in [3.05, 3.63) is 46.9 Å². The molecule has 7 heteroatoms. The Morgan fingerprint density at radius 1 is 1.12 bits per heavy atom. The lowest BCUT2D eigenvalue weighted by Gasteiger charge is -2.20. The fraction of sp³-hybridized carbons (Fsp3) is 0.235. The van der Waals surface area contributed by atoms with Crippen molar-refractivity contribution >= 4 is 28.4 Å². The second-order valence-electron chi connectivity index (χ2n) is 5.03. The maximum absolute atomic E-state index is 10.9. The Morgan fingerprint density at radius 2 is 1.79 bits per heavy atom. The van der Waals surface area contributed by atoms with Gasteiger partial charge >= 0.3 is 0 Å². The van der Waals surface area contributed by atoms with E-state index < -0.39 is 0 Å². The van der Waals surface area contributed by atoms with Crippen LogP contribution < -0.4 is 10.6 Å². The molecular weight excluding hydrogens is 304 g/mol. The van der Waals surface area contributed by atoms with Gasteiger partial charge in [0.05, 0.1) is 11.3 Å². The zero-order valence-electron chi connectivity index (χ0n) is 13.6. The summed E-state index contributed by atoms with van der Waals surface area (Å²) in [7, 11) is 0. The van der Waals surface area contributed by atoms with E-state index in [1.165, 1.54) is 12.1 Å². The van der Waals surface area contributed by atoms with Crippen LogP contribution in [0.15, 0.2) is 51.8 Å². The number of benzene rings is 2. The van der Waals surface area contributed by atoms with Gasteiger partial charge < -0.3 is 10.6 Å². The number of anilines is 2. The summed E-state index contributed by atoms with van der Waals surface area (Å²) < 4.78 is 0. The molecule has 122 valence electrons. The van der Waals surface area contributed by atoms with Gasteiger partial charge in [-0.1, -0.05) is 0 Å². The molecule has 0 aliphatic rings. The Kier molecular flexibility index (Phi) is 5.58. The SMILES string of the molecule is CCN(CC)c1ccc(N=Nc2c(C#N)cc(N)cc2N=O)cc1. The van der Waals surface area contributed by atoms with Crippen LogP contribution in [0.25, 0.3) is 0 Å². The van der Waals surface area contributed by atoms with Gasteiger partial charge in [0.15, 0.2) is 0 Å². The van der Waals surface area contributed by atoms with E-state index in [0.29, 0.717) is 5.69 Å². The van der Waals surface area contributed by atoms with Crippen LogP contribution in [0, 0.1) is 16.2 Å². The second kappa shape index (κ2) is 7.83. The summed E-state index contributed by atoms with van der Waals surface area (Å²) in [5, 5.41) is 20.1. The number of nitrogen functional groups attached to an aromatic ring is 1. The Hall–Kier alpha value is -3.27. The van der Waals surface area contributed by atoms with Crippen LogP contribution in [0.3, 0.4) is 0 Å². The summed E-state index contributed by atoms with van der Waals surface area (Å²) in [6, 6.07) is 12.3. The monoisotopic (exact) mass is 322 g/mol. The average Bonchev–Trinajstić information content (AvgIpc) is 2.61. The standard InChI is InChI=1S/C17H18N6O/c1-3-23(4-2)15-7-5-14(6-8-15)20-21-17-12(11-18)9-13(19)10-16(17)22-24/h5-10H,3-4,19H2,1-2H3. The molecule has 24 heavy (non-hydrogen) atoms. The minimum Gasteiger partial charge on any atom is -0.399 e. The van der Waals surface area contributed by atoms with Crippen LogP contribution >= 0.6 is 0 Å². The highest BCUT2D eigenvalue weighted by Crippen LogP contribution is 2.35. The van der Waals surface area contributed by atoms with Crippen LogP contribution in [-0.4, -0.2) is 13.1 Å². The van der Waals surface area contributed by atoms with Crippen molar-refractivity contribution in [2.24, 2.45) is 15.4 Å². The Morgan fingerprint density at radius 3 is 2.33 bits per heavy atom. The van der Waals surface area contributed by atoms with Gasteiger partial charge in [-0.05, 0) is 55.4 Å². The lowest BCUT2D eigenvalue weighted by Crippen LogP contribution is -2.21. The number of nitrogens with two attached hydrogens (primary N) is 1. The zero-order valence-corrected chi connectivity index (χ0v) is 13.6. The van der Waals surface area contributed by atoms with E-state index in [1.807, 2.05) is 30.3 Å². The summed E-state index contributed by atoms with van der Waals surface area (Å²) in [5.41, 5.74) is 7.90. The molecule has 2 aromatic rings. The molecule has 0 fully saturated rings. The average molecular weight is 322 g/mol. The summed E-state index contributed by atoms with van der Waals surface area (Å²) in [4.78, 5) is 13.1. The van der Waals surface area contributed by atoms with Crippen molar-refractivity contribution in [2.75, 3.05) is 23.7 Å². The molecule has 2 N–H and O–H groups in total. The third-order valence-electron chi connectivity index (χ3n) is 3.57. The quantitative estimate of drug-likeness (QED) is 0.468. The molecule has 0 unspecified atom stereocenters. The topological polar surface area (TPSA) is 107 Å². The van der Waals surface area contributed by atoms with Gasteiger partial charge in [0.2, 0.25) is 0 Å². The molecule has 0 aromatic heterocycles. The molecule has 0 atom stereocenters. The third kappa shape index (κ3) is 3.73. The van der Waals surface area contributed by atoms with Crippen LogP contribution in [0.4, 0.5) is 28.4 Å². The molecule has 0 saturated carbocycles. The molecular formula is C17H18N6O. The lowest BCUT2D eigenvalue weighted by molar-refractivity contribution is 0.866. The number of rotatable bonds is 6. The van der Waals surface area contributed by atoms with Gasteiger partial charge in [0.25, 0.3) is 0 Å². The van der Waals surface area contributed by atoms with E-state index in [4.69, 9.17) is 11.0 Å². The van der Waals surface area contributed by atoms with Crippen molar-refractivity contribution < 1.29 is 0 Å². The largest absolute Gasteiger partial charge is 0.399 e. The summed E-state index contributed by atoms with van der Waals surface area (Å²) in [6.07, 6.45) is 0. The number of azo groups is 1. The zero-order chi connectivity index (χ0) is 17.5.